The second kappa shape index (κ2) is 9.96. The Kier molecular flexibility index (Phi) is 7.59. The number of hydrogen-bond donors (Lipinski definition) is 1. The van der Waals surface area contributed by atoms with E-state index in [9.17, 15) is 4.79 Å². The molecule has 2 amide bonds. The van der Waals surface area contributed by atoms with Gasteiger partial charge >= 0.3 is 6.03 Å². The molecule has 0 aliphatic carbocycles. The van der Waals surface area contributed by atoms with Crippen LogP contribution in [-0.2, 0) is 11.3 Å². The fraction of sp³-hybridized carbons (Fsp3) is 0.316. The number of amides is 2. The Balaban J connectivity index is 2.01. The van der Waals surface area contributed by atoms with Crippen LogP contribution in [0, 0.1) is 0 Å². The summed E-state index contributed by atoms with van der Waals surface area (Å²) in [5, 5.41) is 3.51. The van der Waals surface area contributed by atoms with Gasteiger partial charge in [-0.3, -0.25) is 0 Å². The van der Waals surface area contributed by atoms with Gasteiger partial charge in [0.1, 0.15) is 0 Å². The van der Waals surface area contributed by atoms with Gasteiger partial charge in [0.2, 0.25) is 0 Å². The first-order valence-corrected chi connectivity index (χ1v) is 8.41. The van der Waals surface area contributed by atoms with E-state index in [1.807, 2.05) is 47.4 Å². The molecule has 0 aliphatic heterocycles. The lowest BCUT2D eigenvalue weighted by molar-refractivity contribution is 0.182. The van der Waals surface area contributed by atoms with Crippen LogP contribution in [-0.4, -0.2) is 31.2 Å². The normalized spacial score (nSPS) is 10.4. The quantitative estimate of drug-likeness (QED) is 0.697. The number of hydrogen-bond acceptors (Lipinski definition) is 2. The maximum absolute atomic E-state index is 12.6. The molecule has 0 unspecified atom stereocenters. The van der Waals surface area contributed by atoms with E-state index in [2.05, 4.69) is 5.32 Å². The van der Waals surface area contributed by atoms with Crippen LogP contribution in [0.5, 0.6) is 0 Å². The highest BCUT2D eigenvalue weighted by Crippen LogP contribution is 2.16. The predicted molar refractivity (Wildman–Crippen MR) is 98.4 cm³/mol. The summed E-state index contributed by atoms with van der Waals surface area (Å²) in [5.74, 6) is 0. The minimum absolute atomic E-state index is 0.126. The van der Waals surface area contributed by atoms with Crippen LogP contribution in [0.4, 0.5) is 10.5 Å². The number of unbranched alkanes of at least 4 members (excludes halogenated alkanes) is 1. The number of carbonyl (C=O) groups is 1. The molecule has 0 heterocycles. The molecule has 128 valence electrons. The number of rotatable bonds is 8. The van der Waals surface area contributed by atoms with Crippen LogP contribution in [0.25, 0.3) is 0 Å². The average molecular weight is 347 g/mol. The van der Waals surface area contributed by atoms with Crippen LogP contribution in [0.15, 0.2) is 54.6 Å². The molecule has 0 saturated heterocycles. The van der Waals surface area contributed by atoms with Gasteiger partial charge in [0.15, 0.2) is 0 Å². The third-order valence-corrected chi connectivity index (χ3v) is 3.84. The van der Waals surface area contributed by atoms with Crippen LogP contribution in [0.1, 0.15) is 18.4 Å². The third kappa shape index (κ3) is 6.22. The van der Waals surface area contributed by atoms with Gasteiger partial charge < -0.3 is 15.0 Å². The van der Waals surface area contributed by atoms with E-state index in [4.69, 9.17) is 16.3 Å². The minimum Gasteiger partial charge on any atom is -0.385 e. The van der Waals surface area contributed by atoms with Gasteiger partial charge in [-0.2, -0.15) is 0 Å². The van der Waals surface area contributed by atoms with E-state index in [-0.39, 0.29) is 6.03 Å². The Labute approximate surface area is 148 Å². The second-order valence-electron chi connectivity index (χ2n) is 5.55. The summed E-state index contributed by atoms with van der Waals surface area (Å²) in [6, 6.07) is 17.0. The second-order valence-corrected chi connectivity index (χ2v) is 5.98. The smallest absolute Gasteiger partial charge is 0.322 e. The van der Waals surface area contributed by atoms with E-state index < -0.39 is 0 Å². The molecular weight excluding hydrogens is 324 g/mol. The summed E-state index contributed by atoms with van der Waals surface area (Å²) in [7, 11) is 1.69. The van der Waals surface area contributed by atoms with Gasteiger partial charge in [-0.1, -0.05) is 48.0 Å². The number of benzene rings is 2. The zero-order chi connectivity index (χ0) is 17.2. The molecular formula is C19H23ClN2O2. The van der Waals surface area contributed by atoms with Crippen LogP contribution >= 0.6 is 11.6 Å². The van der Waals surface area contributed by atoms with Crippen molar-refractivity contribution in [3.05, 3.63) is 65.2 Å². The first-order chi connectivity index (χ1) is 11.7. The van der Waals surface area contributed by atoms with Gasteiger partial charge in [0.25, 0.3) is 0 Å². The molecule has 1 N–H and O–H groups in total. The minimum atomic E-state index is -0.126. The lowest BCUT2D eigenvalue weighted by atomic mass is 10.2. The van der Waals surface area contributed by atoms with Crippen LogP contribution in [0.2, 0.25) is 5.02 Å². The van der Waals surface area contributed by atoms with Gasteiger partial charge in [0, 0.05) is 37.5 Å². The third-order valence-electron chi connectivity index (χ3n) is 3.61. The maximum atomic E-state index is 12.6. The summed E-state index contributed by atoms with van der Waals surface area (Å²) in [6.07, 6.45) is 1.82. The molecule has 0 bridgehead atoms. The number of ether oxygens (including phenoxy) is 1. The molecule has 2 aromatic rings. The summed E-state index contributed by atoms with van der Waals surface area (Å²) in [6.45, 7) is 1.94. The Morgan fingerprint density at radius 3 is 2.62 bits per heavy atom. The SMILES string of the molecule is COCCCCN(Cc1ccccc1)C(=O)Nc1cccc(Cl)c1. The Hall–Kier alpha value is -2.04. The van der Waals surface area contributed by atoms with Crippen LogP contribution < -0.4 is 5.32 Å². The molecule has 24 heavy (non-hydrogen) atoms. The number of carbonyl (C=O) groups excluding carboxylic acids is 1. The molecule has 5 heteroatoms. The molecule has 0 atom stereocenters. The Morgan fingerprint density at radius 2 is 1.92 bits per heavy atom. The van der Waals surface area contributed by atoms with Crippen molar-refractivity contribution in [1.29, 1.82) is 0 Å². The van der Waals surface area contributed by atoms with Gasteiger partial charge in [0.05, 0.1) is 0 Å². The monoisotopic (exact) mass is 346 g/mol. The van der Waals surface area contributed by atoms with Crippen LogP contribution in [0.3, 0.4) is 0 Å². The standard InChI is InChI=1S/C19H23ClN2O2/c1-24-13-6-5-12-22(15-16-8-3-2-4-9-16)19(23)21-18-11-7-10-17(20)14-18/h2-4,7-11,14H,5-6,12-13,15H2,1H3,(H,21,23). The number of urea groups is 1. The molecule has 4 nitrogen and oxygen atoms in total. The number of halogens is 1. The summed E-state index contributed by atoms with van der Waals surface area (Å²) < 4.78 is 5.08. The lowest BCUT2D eigenvalue weighted by Gasteiger charge is -2.23. The van der Waals surface area contributed by atoms with E-state index in [1.165, 1.54) is 0 Å². The zero-order valence-electron chi connectivity index (χ0n) is 13.9. The van der Waals surface area contributed by atoms with Crippen molar-refractivity contribution in [3.8, 4) is 0 Å². The molecule has 0 aromatic heterocycles. The zero-order valence-corrected chi connectivity index (χ0v) is 14.6. The maximum Gasteiger partial charge on any atom is 0.322 e. The molecule has 2 aromatic carbocycles. The Bertz CT molecular complexity index is 634. The van der Waals surface area contributed by atoms with Crippen molar-refractivity contribution in [2.24, 2.45) is 0 Å². The molecule has 0 radical (unpaired) electrons. The van der Waals surface area contributed by atoms with Gasteiger partial charge in [-0.25, -0.2) is 4.79 Å². The highest BCUT2D eigenvalue weighted by Gasteiger charge is 2.14. The molecule has 0 aliphatic rings. The van der Waals surface area contributed by atoms with Crippen molar-refractivity contribution >= 4 is 23.3 Å². The fourth-order valence-corrected chi connectivity index (χ4v) is 2.56. The summed E-state index contributed by atoms with van der Waals surface area (Å²) in [5.41, 5.74) is 1.80. The lowest BCUT2D eigenvalue weighted by Crippen LogP contribution is -2.35. The van der Waals surface area contributed by atoms with E-state index in [1.54, 1.807) is 19.2 Å². The molecule has 0 spiro atoms. The first-order valence-electron chi connectivity index (χ1n) is 8.03. The predicted octanol–water partition coefficient (Wildman–Crippen LogP) is 4.80. The summed E-state index contributed by atoms with van der Waals surface area (Å²) >= 11 is 5.98. The number of anilines is 1. The van der Waals surface area contributed by atoms with Crippen molar-refractivity contribution in [1.82, 2.24) is 4.90 Å². The number of methoxy groups -OCH3 is 1. The highest BCUT2D eigenvalue weighted by molar-refractivity contribution is 6.30. The highest BCUT2D eigenvalue weighted by atomic mass is 35.5. The van der Waals surface area contributed by atoms with Gasteiger partial charge in [-0.05, 0) is 36.6 Å². The van der Waals surface area contributed by atoms with E-state index in [0.29, 0.717) is 30.4 Å². The number of nitrogens with one attached hydrogen (secondary N) is 1. The van der Waals surface area contributed by atoms with Crippen molar-refractivity contribution in [3.63, 3.8) is 0 Å². The molecule has 0 fully saturated rings. The molecule has 0 saturated carbocycles. The topological polar surface area (TPSA) is 41.6 Å². The van der Waals surface area contributed by atoms with Crippen molar-refractivity contribution in [2.75, 3.05) is 25.6 Å². The largest absolute Gasteiger partial charge is 0.385 e. The molecule has 2 rings (SSSR count). The van der Waals surface area contributed by atoms with E-state index in [0.717, 1.165) is 18.4 Å². The van der Waals surface area contributed by atoms with Gasteiger partial charge in [-0.15, -0.1) is 0 Å². The van der Waals surface area contributed by atoms with Crippen molar-refractivity contribution < 1.29 is 9.53 Å². The van der Waals surface area contributed by atoms with Crippen molar-refractivity contribution in [2.45, 2.75) is 19.4 Å². The van der Waals surface area contributed by atoms with E-state index >= 15 is 0 Å². The average Bonchev–Trinajstić information content (AvgIpc) is 2.58. The fourth-order valence-electron chi connectivity index (χ4n) is 2.37. The number of nitrogens with zero attached hydrogens (tertiary/aromatic N) is 1. The summed E-state index contributed by atoms with van der Waals surface area (Å²) in [4.78, 5) is 14.4. The Morgan fingerprint density at radius 1 is 1.12 bits per heavy atom. The first kappa shape index (κ1) is 18.3.